The predicted molar refractivity (Wildman–Crippen MR) is 89.4 cm³/mol. The van der Waals surface area contributed by atoms with Crippen LogP contribution in [-0.2, 0) is 0 Å². The van der Waals surface area contributed by atoms with Crippen LogP contribution in [0.5, 0.6) is 0 Å². The van der Waals surface area contributed by atoms with E-state index >= 15 is 0 Å². The number of hydrogen-bond donors (Lipinski definition) is 1. The van der Waals surface area contributed by atoms with Gasteiger partial charge >= 0.3 is 0 Å². The van der Waals surface area contributed by atoms with Crippen LogP contribution in [0.2, 0.25) is 0 Å². The second-order valence-corrected chi connectivity index (χ2v) is 6.43. The first-order valence-electron chi connectivity index (χ1n) is 8.27. The fourth-order valence-electron chi connectivity index (χ4n) is 3.11. The van der Waals surface area contributed by atoms with Crippen molar-refractivity contribution in [3.63, 3.8) is 0 Å². The normalized spacial score (nSPS) is 20.0. The summed E-state index contributed by atoms with van der Waals surface area (Å²) in [5, 5.41) is 12.3. The lowest BCUT2D eigenvalue weighted by atomic mass is 10.2. The lowest BCUT2D eigenvalue weighted by Crippen LogP contribution is -2.26. The number of nitrogens with zero attached hydrogens (tertiary/aromatic N) is 4. The van der Waals surface area contributed by atoms with Crippen molar-refractivity contribution in [2.45, 2.75) is 31.2 Å². The minimum absolute atomic E-state index is 0.0845. The zero-order valence-corrected chi connectivity index (χ0v) is 13.2. The molecule has 4 rings (SSSR count). The molecule has 1 unspecified atom stereocenters. The molecule has 0 bridgehead atoms. The Morgan fingerprint density at radius 2 is 2.12 bits per heavy atom. The Labute approximate surface area is 140 Å². The van der Waals surface area contributed by atoms with E-state index in [-0.39, 0.29) is 11.6 Å². The number of nitrogens with one attached hydrogen (secondary N) is 1. The molecule has 1 atom stereocenters. The Morgan fingerprint density at radius 1 is 1.25 bits per heavy atom. The lowest BCUT2D eigenvalue weighted by Gasteiger charge is -2.19. The average Bonchev–Trinajstić information content (AvgIpc) is 3.35. The summed E-state index contributed by atoms with van der Waals surface area (Å²) in [4.78, 5) is 11.1. The molecule has 1 aromatic heterocycles. The minimum atomic E-state index is -0.462. The molecule has 1 N–H and O–H groups in total. The zero-order valence-electron chi connectivity index (χ0n) is 13.2. The maximum absolute atomic E-state index is 13.8. The van der Waals surface area contributed by atoms with Crippen LogP contribution in [0.1, 0.15) is 36.6 Å². The summed E-state index contributed by atoms with van der Waals surface area (Å²) in [6, 6.07) is 8.81. The first-order chi connectivity index (χ1) is 11.7. The van der Waals surface area contributed by atoms with Crippen LogP contribution in [0.25, 0.3) is 0 Å². The van der Waals surface area contributed by atoms with Crippen molar-refractivity contribution in [3.8, 4) is 6.07 Å². The molecule has 2 fully saturated rings. The molecule has 1 saturated heterocycles. The van der Waals surface area contributed by atoms with Crippen molar-refractivity contribution < 1.29 is 4.39 Å². The minimum Gasteiger partial charge on any atom is -0.369 e. The van der Waals surface area contributed by atoms with Crippen LogP contribution < -0.4 is 10.2 Å². The molecular formula is C18H18FN5. The van der Waals surface area contributed by atoms with Gasteiger partial charge in [0.25, 0.3) is 0 Å². The maximum Gasteiger partial charge on any atom is 0.143 e. The highest BCUT2D eigenvalue weighted by atomic mass is 19.1. The van der Waals surface area contributed by atoms with Crippen LogP contribution in [0.3, 0.4) is 0 Å². The van der Waals surface area contributed by atoms with Gasteiger partial charge in [-0.2, -0.15) is 5.26 Å². The molecule has 1 saturated carbocycles. The Balaban J connectivity index is 1.42. The largest absolute Gasteiger partial charge is 0.369 e. The van der Waals surface area contributed by atoms with E-state index in [2.05, 4.69) is 20.2 Å². The summed E-state index contributed by atoms with van der Waals surface area (Å²) in [5.41, 5.74) is 0.901. The summed E-state index contributed by atoms with van der Waals surface area (Å²) in [6.07, 6.45) is 5.14. The van der Waals surface area contributed by atoms with Crippen LogP contribution in [0.4, 0.5) is 15.9 Å². The van der Waals surface area contributed by atoms with Crippen molar-refractivity contribution in [2.75, 3.05) is 23.3 Å². The molecular weight excluding hydrogens is 305 g/mol. The van der Waals surface area contributed by atoms with E-state index in [1.165, 1.54) is 25.0 Å². The molecule has 24 heavy (non-hydrogen) atoms. The van der Waals surface area contributed by atoms with E-state index in [1.54, 1.807) is 6.07 Å². The summed E-state index contributed by atoms with van der Waals surface area (Å²) in [5.74, 6) is 1.87. The van der Waals surface area contributed by atoms with Gasteiger partial charge in [-0.15, -0.1) is 0 Å². The first-order valence-corrected chi connectivity index (χ1v) is 8.27. The fourth-order valence-corrected chi connectivity index (χ4v) is 3.11. The summed E-state index contributed by atoms with van der Waals surface area (Å²) in [7, 11) is 0. The number of aromatic nitrogens is 2. The highest BCUT2D eigenvalue weighted by Crippen LogP contribution is 2.38. The van der Waals surface area contributed by atoms with Gasteiger partial charge in [0, 0.05) is 36.9 Å². The molecule has 5 nitrogen and oxygen atoms in total. The summed E-state index contributed by atoms with van der Waals surface area (Å²) in [6.45, 7) is 1.64. The third kappa shape index (κ3) is 3.02. The molecule has 2 aliphatic rings. The topological polar surface area (TPSA) is 64.8 Å². The van der Waals surface area contributed by atoms with Gasteiger partial charge in [-0.1, -0.05) is 0 Å². The Kier molecular flexibility index (Phi) is 3.77. The van der Waals surface area contributed by atoms with E-state index in [1.807, 2.05) is 18.3 Å². The van der Waals surface area contributed by atoms with Gasteiger partial charge in [0.15, 0.2) is 0 Å². The van der Waals surface area contributed by atoms with Crippen LogP contribution in [0, 0.1) is 17.1 Å². The van der Waals surface area contributed by atoms with Crippen molar-refractivity contribution in [1.82, 2.24) is 9.97 Å². The Hall–Kier alpha value is -2.68. The van der Waals surface area contributed by atoms with Gasteiger partial charge < -0.3 is 10.2 Å². The van der Waals surface area contributed by atoms with Crippen LogP contribution in [0.15, 0.2) is 30.5 Å². The Morgan fingerprint density at radius 3 is 2.88 bits per heavy atom. The third-order valence-corrected chi connectivity index (χ3v) is 4.60. The van der Waals surface area contributed by atoms with E-state index < -0.39 is 5.82 Å². The summed E-state index contributed by atoms with van der Waals surface area (Å²) >= 11 is 0. The number of anilines is 2. The SMILES string of the molecule is N#Cc1ccc(N2CCC(Nc3ccnc(C4CC4)n3)C2)cc1F. The van der Waals surface area contributed by atoms with Crippen LogP contribution >= 0.6 is 0 Å². The van der Waals surface area contributed by atoms with E-state index in [9.17, 15) is 4.39 Å². The highest BCUT2D eigenvalue weighted by Gasteiger charge is 2.27. The van der Waals surface area contributed by atoms with Crippen LogP contribution in [-0.4, -0.2) is 29.1 Å². The van der Waals surface area contributed by atoms with Crippen molar-refractivity contribution in [2.24, 2.45) is 0 Å². The molecule has 1 aliphatic carbocycles. The lowest BCUT2D eigenvalue weighted by molar-refractivity contribution is 0.623. The number of benzene rings is 1. The second kappa shape index (κ2) is 6.08. The van der Waals surface area contributed by atoms with Gasteiger partial charge in [0.2, 0.25) is 0 Å². The molecule has 122 valence electrons. The molecule has 0 amide bonds. The molecule has 1 aliphatic heterocycles. The monoisotopic (exact) mass is 323 g/mol. The number of hydrogen-bond acceptors (Lipinski definition) is 5. The van der Waals surface area contributed by atoms with E-state index in [0.29, 0.717) is 5.92 Å². The number of rotatable bonds is 4. The predicted octanol–water partition coefficient (Wildman–Crippen LogP) is 3.06. The van der Waals surface area contributed by atoms with Gasteiger partial charge in [0.1, 0.15) is 23.5 Å². The van der Waals surface area contributed by atoms with Crippen molar-refractivity contribution >= 4 is 11.5 Å². The molecule has 0 radical (unpaired) electrons. The van der Waals surface area contributed by atoms with Gasteiger partial charge in [-0.3, -0.25) is 0 Å². The maximum atomic E-state index is 13.8. The molecule has 2 heterocycles. The average molecular weight is 323 g/mol. The molecule has 2 aromatic rings. The number of nitriles is 1. The van der Waals surface area contributed by atoms with Crippen molar-refractivity contribution in [1.29, 1.82) is 5.26 Å². The zero-order chi connectivity index (χ0) is 16.5. The third-order valence-electron chi connectivity index (χ3n) is 4.60. The second-order valence-electron chi connectivity index (χ2n) is 6.43. The van der Waals surface area contributed by atoms with E-state index in [4.69, 9.17) is 5.26 Å². The van der Waals surface area contributed by atoms with E-state index in [0.717, 1.165) is 36.8 Å². The van der Waals surface area contributed by atoms with Gasteiger partial charge in [-0.05, 0) is 43.5 Å². The first kappa shape index (κ1) is 14.9. The van der Waals surface area contributed by atoms with Crippen molar-refractivity contribution in [3.05, 3.63) is 47.7 Å². The molecule has 0 spiro atoms. The quantitative estimate of drug-likeness (QED) is 0.937. The molecule has 1 aromatic carbocycles. The number of halogens is 1. The molecule has 6 heteroatoms. The fraction of sp³-hybridized carbons (Fsp3) is 0.389. The smallest absolute Gasteiger partial charge is 0.143 e. The Bertz CT molecular complexity index is 796. The summed E-state index contributed by atoms with van der Waals surface area (Å²) < 4.78 is 13.8. The highest BCUT2D eigenvalue weighted by molar-refractivity contribution is 5.52. The van der Waals surface area contributed by atoms with Gasteiger partial charge in [0.05, 0.1) is 5.56 Å². The standard InChI is InChI=1S/C18H18FN5/c19-16-9-15(4-3-13(16)10-20)24-8-6-14(11-24)22-17-5-7-21-18(23-17)12-1-2-12/h3-5,7,9,12,14H,1-2,6,8,11H2,(H,21,22,23). The van der Waals surface area contributed by atoms with Gasteiger partial charge in [-0.25, -0.2) is 14.4 Å².